The fourth-order valence-electron chi connectivity index (χ4n) is 2.73. The molecule has 0 spiro atoms. The van der Waals surface area contributed by atoms with Crippen molar-refractivity contribution in [3.05, 3.63) is 65.5 Å². The Morgan fingerprint density at radius 2 is 1.90 bits per heavy atom. The fourth-order valence-corrected chi connectivity index (χ4v) is 4.51. The van der Waals surface area contributed by atoms with Crippen molar-refractivity contribution in [2.75, 3.05) is 18.6 Å². The average Bonchev–Trinajstić information content (AvgIpc) is 2.71. The lowest BCUT2D eigenvalue weighted by molar-refractivity contribution is -0.122. The number of nitrogens with two attached hydrogens (primary N) is 1. The van der Waals surface area contributed by atoms with E-state index in [4.69, 9.17) is 5.73 Å². The molecule has 4 N–H and O–H groups in total. The Balaban J connectivity index is 2.04. The van der Waals surface area contributed by atoms with Gasteiger partial charge in [-0.05, 0) is 54.7 Å². The molecule has 2 amide bonds. The van der Waals surface area contributed by atoms with Crippen LogP contribution in [0.15, 0.2) is 53.4 Å². The zero-order valence-electron chi connectivity index (χ0n) is 16.4. The summed E-state index contributed by atoms with van der Waals surface area (Å²) in [6.07, 6.45) is 2.52. The van der Waals surface area contributed by atoms with Crippen molar-refractivity contribution in [3.63, 3.8) is 0 Å². The van der Waals surface area contributed by atoms with Gasteiger partial charge in [-0.1, -0.05) is 24.3 Å². The number of benzene rings is 2. The Hall–Kier alpha value is -2.43. The minimum absolute atomic E-state index is 0.234. The highest BCUT2D eigenvalue weighted by Crippen LogP contribution is 2.15. The number of hydrogen-bond acceptors (Lipinski definition) is 5. The summed E-state index contributed by atoms with van der Waals surface area (Å²) in [6.45, 7) is 0.234. The van der Waals surface area contributed by atoms with Gasteiger partial charge in [-0.3, -0.25) is 9.59 Å². The lowest BCUT2D eigenvalue weighted by Crippen LogP contribution is -2.47. The summed E-state index contributed by atoms with van der Waals surface area (Å²) >= 11 is 1.46. The molecule has 2 rings (SSSR count). The maximum absolute atomic E-state index is 13.9. The van der Waals surface area contributed by atoms with Crippen LogP contribution in [0.5, 0.6) is 0 Å². The Morgan fingerprint density at radius 3 is 2.57 bits per heavy atom. The molecule has 0 saturated carbocycles. The Bertz CT molecular complexity index is 999. The molecule has 0 fully saturated rings. The molecular formula is C20H24FN3O4S2. The summed E-state index contributed by atoms with van der Waals surface area (Å²) in [7, 11) is -4.20. The zero-order chi connectivity index (χ0) is 22.1. The first-order valence-electron chi connectivity index (χ1n) is 9.17. The SMILES string of the molecule is CSCCC(NS(=O)(=O)c1ccccc1F)C(=O)NCCc1cccc(C(N)=O)c1. The highest BCUT2D eigenvalue weighted by molar-refractivity contribution is 7.98. The number of sulfonamides is 1. The molecule has 1 atom stereocenters. The van der Waals surface area contributed by atoms with Crippen LogP contribution >= 0.6 is 11.8 Å². The van der Waals surface area contributed by atoms with E-state index in [-0.39, 0.29) is 13.0 Å². The highest BCUT2D eigenvalue weighted by atomic mass is 32.2. The minimum atomic E-state index is -4.20. The summed E-state index contributed by atoms with van der Waals surface area (Å²) < 4.78 is 41.3. The molecule has 7 nitrogen and oxygen atoms in total. The van der Waals surface area contributed by atoms with E-state index in [0.29, 0.717) is 17.7 Å². The quantitative estimate of drug-likeness (QED) is 0.478. The molecule has 0 aliphatic rings. The molecule has 0 aromatic heterocycles. The number of primary amides is 1. The summed E-state index contributed by atoms with van der Waals surface area (Å²) in [6, 6.07) is 10.7. The van der Waals surface area contributed by atoms with Gasteiger partial charge in [-0.25, -0.2) is 12.8 Å². The van der Waals surface area contributed by atoms with Gasteiger partial charge in [0.15, 0.2) is 0 Å². The maximum Gasteiger partial charge on any atom is 0.248 e. The van der Waals surface area contributed by atoms with Crippen LogP contribution in [0, 0.1) is 5.82 Å². The van der Waals surface area contributed by atoms with Gasteiger partial charge in [0.25, 0.3) is 0 Å². The van der Waals surface area contributed by atoms with Gasteiger partial charge in [0, 0.05) is 12.1 Å². The van der Waals surface area contributed by atoms with E-state index in [1.807, 2.05) is 6.26 Å². The van der Waals surface area contributed by atoms with E-state index >= 15 is 0 Å². The van der Waals surface area contributed by atoms with Crippen LogP contribution in [-0.2, 0) is 21.2 Å². The molecular weight excluding hydrogens is 429 g/mol. The van der Waals surface area contributed by atoms with Crippen LogP contribution in [0.1, 0.15) is 22.3 Å². The van der Waals surface area contributed by atoms with E-state index in [1.54, 1.807) is 24.3 Å². The predicted molar refractivity (Wildman–Crippen MR) is 115 cm³/mol. The zero-order valence-corrected chi connectivity index (χ0v) is 18.1. The molecule has 0 aliphatic heterocycles. The van der Waals surface area contributed by atoms with E-state index in [2.05, 4.69) is 10.0 Å². The first kappa shape index (κ1) is 23.8. The molecule has 1 unspecified atom stereocenters. The maximum atomic E-state index is 13.9. The Kier molecular flexibility index (Phi) is 8.82. The normalized spacial score (nSPS) is 12.3. The van der Waals surface area contributed by atoms with Crippen molar-refractivity contribution in [2.24, 2.45) is 5.73 Å². The van der Waals surface area contributed by atoms with E-state index in [9.17, 15) is 22.4 Å². The molecule has 10 heteroatoms. The first-order valence-corrected chi connectivity index (χ1v) is 12.0. The molecule has 0 aliphatic carbocycles. The third-order valence-electron chi connectivity index (χ3n) is 4.28. The molecule has 0 saturated heterocycles. The largest absolute Gasteiger partial charge is 0.366 e. The Morgan fingerprint density at radius 1 is 1.17 bits per heavy atom. The minimum Gasteiger partial charge on any atom is -0.366 e. The van der Waals surface area contributed by atoms with E-state index in [1.165, 1.54) is 23.9 Å². The summed E-state index contributed by atoms with van der Waals surface area (Å²) in [5.41, 5.74) is 6.44. The lowest BCUT2D eigenvalue weighted by atomic mass is 10.1. The smallest absolute Gasteiger partial charge is 0.248 e. The predicted octanol–water partition coefficient (Wildman–Crippen LogP) is 1.68. The van der Waals surface area contributed by atoms with Gasteiger partial charge in [0.1, 0.15) is 16.8 Å². The number of carbonyl (C=O) groups is 2. The van der Waals surface area contributed by atoms with Crippen molar-refractivity contribution in [2.45, 2.75) is 23.8 Å². The monoisotopic (exact) mass is 453 g/mol. The molecule has 2 aromatic rings. The topological polar surface area (TPSA) is 118 Å². The number of carbonyl (C=O) groups excluding carboxylic acids is 2. The number of rotatable bonds is 11. The van der Waals surface area contributed by atoms with Crippen LogP contribution in [0.2, 0.25) is 0 Å². The van der Waals surface area contributed by atoms with E-state index in [0.717, 1.165) is 17.7 Å². The highest BCUT2D eigenvalue weighted by Gasteiger charge is 2.27. The Labute approximate surface area is 179 Å². The number of halogens is 1. The van der Waals surface area contributed by atoms with Crippen LogP contribution in [0.3, 0.4) is 0 Å². The molecule has 0 heterocycles. The summed E-state index contributed by atoms with van der Waals surface area (Å²) in [5.74, 6) is -1.39. The lowest BCUT2D eigenvalue weighted by Gasteiger charge is -2.18. The van der Waals surface area contributed by atoms with Crippen molar-refractivity contribution in [1.29, 1.82) is 0 Å². The fraction of sp³-hybridized carbons (Fsp3) is 0.300. The van der Waals surface area contributed by atoms with Gasteiger partial charge in [-0.2, -0.15) is 16.5 Å². The van der Waals surface area contributed by atoms with Gasteiger partial charge >= 0.3 is 0 Å². The van der Waals surface area contributed by atoms with E-state index < -0.39 is 38.6 Å². The van der Waals surface area contributed by atoms with Crippen LogP contribution in [0.4, 0.5) is 4.39 Å². The summed E-state index contributed by atoms with van der Waals surface area (Å²) in [4.78, 5) is 23.3. The third kappa shape index (κ3) is 6.82. The van der Waals surface area contributed by atoms with Gasteiger partial charge in [0.2, 0.25) is 21.8 Å². The van der Waals surface area contributed by atoms with Gasteiger partial charge < -0.3 is 11.1 Å². The van der Waals surface area contributed by atoms with Crippen molar-refractivity contribution < 1.29 is 22.4 Å². The second-order valence-corrected chi connectivity index (χ2v) is 9.16. The molecule has 2 aromatic carbocycles. The molecule has 0 radical (unpaired) electrons. The third-order valence-corrected chi connectivity index (χ3v) is 6.42. The second kappa shape index (κ2) is 11.1. The average molecular weight is 454 g/mol. The van der Waals surface area contributed by atoms with Gasteiger partial charge in [0.05, 0.1) is 0 Å². The standard InChI is InChI=1S/C20H24FN3O4S2/c1-29-12-10-17(24-30(27,28)18-8-3-2-7-16(18)21)20(26)23-11-9-14-5-4-6-15(13-14)19(22)25/h2-8,13,17,24H,9-12H2,1H3,(H2,22,25)(H,23,26). The number of amides is 2. The number of hydrogen-bond donors (Lipinski definition) is 3. The number of thioether (sulfide) groups is 1. The summed E-state index contributed by atoms with van der Waals surface area (Å²) in [5, 5.41) is 2.69. The van der Waals surface area contributed by atoms with Crippen molar-refractivity contribution in [3.8, 4) is 0 Å². The van der Waals surface area contributed by atoms with Crippen molar-refractivity contribution in [1.82, 2.24) is 10.0 Å². The molecule has 0 bridgehead atoms. The van der Waals surface area contributed by atoms with Crippen molar-refractivity contribution >= 4 is 33.6 Å². The van der Waals surface area contributed by atoms with Crippen LogP contribution in [0.25, 0.3) is 0 Å². The first-order chi connectivity index (χ1) is 14.2. The molecule has 30 heavy (non-hydrogen) atoms. The number of nitrogens with one attached hydrogen (secondary N) is 2. The van der Waals surface area contributed by atoms with Crippen LogP contribution in [-0.4, -0.2) is 44.8 Å². The molecule has 162 valence electrons. The van der Waals surface area contributed by atoms with Crippen LogP contribution < -0.4 is 15.8 Å². The van der Waals surface area contributed by atoms with Gasteiger partial charge in [-0.15, -0.1) is 0 Å². The second-order valence-electron chi connectivity index (χ2n) is 6.49.